The van der Waals surface area contributed by atoms with E-state index in [1.165, 1.54) is 0 Å². The number of nitrogens with zero attached hydrogens (tertiary/aromatic N) is 3. The van der Waals surface area contributed by atoms with Gasteiger partial charge >= 0.3 is 0 Å². The van der Waals surface area contributed by atoms with E-state index in [1.807, 2.05) is 13.0 Å². The molecule has 0 radical (unpaired) electrons. The summed E-state index contributed by atoms with van der Waals surface area (Å²) in [4.78, 5) is 4.20. The molecule has 0 aliphatic carbocycles. The number of aromatic nitrogens is 4. The van der Waals surface area contributed by atoms with Gasteiger partial charge in [0.2, 0.25) is 5.82 Å². The van der Waals surface area contributed by atoms with E-state index in [1.54, 1.807) is 12.3 Å². The van der Waals surface area contributed by atoms with Crippen molar-refractivity contribution in [2.45, 2.75) is 6.92 Å². The zero-order valence-electron chi connectivity index (χ0n) is 8.97. The zero-order chi connectivity index (χ0) is 11.8. The molecular weight excluding hydrogens is 222 g/mol. The Balaban J connectivity index is 2.01. The summed E-state index contributed by atoms with van der Waals surface area (Å²) in [6, 6.07) is 3.45. The second-order valence-corrected chi connectivity index (χ2v) is 3.56. The Kier molecular flexibility index (Phi) is 1.97. The molecule has 17 heavy (non-hydrogen) atoms. The number of nitrogens with two attached hydrogens (primary N) is 1. The van der Waals surface area contributed by atoms with Crippen LogP contribution in [0.1, 0.15) is 5.56 Å². The number of nitrogens with one attached hydrogen (secondary N) is 1. The van der Waals surface area contributed by atoms with Crippen molar-refractivity contribution < 1.29 is 8.94 Å². The van der Waals surface area contributed by atoms with Crippen molar-refractivity contribution in [3.63, 3.8) is 0 Å². The minimum absolute atomic E-state index is 0.319. The molecule has 0 fully saturated rings. The first kappa shape index (κ1) is 9.64. The van der Waals surface area contributed by atoms with Crippen molar-refractivity contribution >= 4 is 5.82 Å². The molecule has 3 rings (SSSR count). The maximum absolute atomic E-state index is 5.49. The predicted octanol–water partition coefficient (Wildman–Crippen LogP) is 1.61. The highest BCUT2D eigenvalue weighted by molar-refractivity contribution is 5.57. The molecule has 0 amide bonds. The first-order valence-corrected chi connectivity index (χ1v) is 4.93. The van der Waals surface area contributed by atoms with Gasteiger partial charge in [-0.15, -0.1) is 0 Å². The molecule has 0 aliphatic rings. The van der Waals surface area contributed by atoms with Gasteiger partial charge in [-0.05, 0) is 18.6 Å². The molecule has 0 saturated carbocycles. The van der Waals surface area contributed by atoms with Gasteiger partial charge in [-0.1, -0.05) is 5.16 Å². The quantitative estimate of drug-likeness (QED) is 0.693. The number of H-pyrrole nitrogens is 1. The van der Waals surface area contributed by atoms with Gasteiger partial charge in [0, 0.05) is 6.07 Å². The molecule has 3 heterocycles. The van der Waals surface area contributed by atoms with E-state index in [2.05, 4.69) is 20.3 Å². The largest absolute Gasteiger partial charge is 0.461 e. The summed E-state index contributed by atoms with van der Waals surface area (Å²) in [5, 5.41) is 10.3. The van der Waals surface area contributed by atoms with Gasteiger partial charge < -0.3 is 14.7 Å². The van der Waals surface area contributed by atoms with Gasteiger partial charge in [0.15, 0.2) is 5.76 Å². The van der Waals surface area contributed by atoms with Crippen molar-refractivity contribution in [3.05, 3.63) is 24.0 Å². The number of nitrogen functional groups attached to an aromatic ring is 1. The Labute approximate surface area is 95.6 Å². The average molecular weight is 231 g/mol. The zero-order valence-corrected chi connectivity index (χ0v) is 8.97. The molecule has 3 aromatic heterocycles. The van der Waals surface area contributed by atoms with Gasteiger partial charge in [0.05, 0.1) is 6.26 Å². The van der Waals surface area contributed by atoms with E-state index in [-0.39, 0.29) is 0 Å². The van der Waals surface area contributed by atoms with Gasteiger partial charge in [-0.2, -0.15) is 10.1 Å². The lowest BCUT2D eigenvalue weighted by atomic mass is 10.3. The Bertz CT molecular complexity index is 651. The third-order valence-electron chi connectivity index (χ3n) is 2.32. The summed E-state index contributed by atoms with van der Waals surface area (Å²) < 4.78 is 10.4. The van der Waals surface area contributed by atoms with Crippen molar-refractivity contribution in [1.29, 1.82) is 0 Å². The second kappa shape index (κ2) is 3.48. The summed E-state index contributed by atoms with van der Waals surface area (Å²) in [6.07, 6.45) is 1.58. The van der Waals surface area contributed by atoms with Crippen LogP contribution in [-0.4, -0.2) is 20.3 Å². The van der Waals surface area contributed by atoms with E-state index >= 15 is 0 Å². The van der Waals surface area contributed by atoms with Crippen LogP contribution in [0.5, 0.6) is 0 Å². The molecule has 0 atom stereocenters. The van der Waals surface area contributed by atoms with Gasteiger partial charge in [0.1, 0.15) is 11.5 Å². The first-order chi connectivity index (χ1) is 8.24. The smallest absolute Gasteiger partial charge is 0.276 e. The monoisotopic (exact) mass is 231 g/mol. The Morgan fingerprint density at radius 3 is 2.94 bits per heavy atom. The molecule has 86 valence electrons. The van der Waals surface area contributed by atoms with Crippen LogP contribution in [0.25, 0.3) is 23.2 Å². The SMILES string of the molecule is Cc1ccoc1-c1noc(-c2cc(N)n[nH]2)n1. The number of aryl methyl sites for hydroxylation is 1. The van der Waals surface area contributed by atoms with Crippen LogP contribution in [0, 0.1) is 6.92 Å². The molecule has 3 N–H and O–H groups in total. The van der Waals surface area contributed by atoms with E-state index < -0.39 is 0 Å². The van der Waals surface area contributed by atoms with Crippen LogP contribution in [-0.2, 0) is 0 Å². The molecule has 0 unspecified atom stereocenters. The summed E-state index contributed by atoms with van der Waals surface area (Å²) in [6.45, 7) is 1.91. The lowest BCUT2D eigenvalue weighted by Crippen LogP contribution is -1.81. The highest BCUT2D eigenvalue weighted by Crippen LogP contribution is 2.24. The summed E-state index contributed by atoms with van der Waals surface area (Å²) in [5.41, 5.74) is 7.01. The summed E-state index contributed by atoms with van der Waals surface area (Å²) >= 11 is 0. The normalized spacial score (nSPS) is 10.9. The number of anilines is 1. The van der Waals surface area contributed by atoms with Crippen molar-refractivity contribution in [3.8, 4) is 23.2 Å². The highest BCUT2D eigenvalue weighted by Gasteiger charge is 2.15. The Hall–Kier alpha value is -2.57. The molecule has 7 heteroatoms. The number of hydrogen-bond donors (Lipinski definition) is 2. The molecule has 0 saturated heterocycles. The topological polar surface area (TPSA) is 107 Å². The van der Waals surface area contributed by atoms with E-state index in [4.69, 9.17) is 14.7 Å². The standard InChI is InChI=1S/C10H9N5O2/c1-5-2-3-16-8(5)9-12-10(17-15-9)6-4-7(11)14-13-6/h2-4H,1H3,(H3,11,13,14). The fourth-order valence-electron chi connectivity index (χ4n) is 1.47. The number of furan rings is 1. The number of rotatable bonds is 2. The molecule has 0 spiro atoms. The van der Waals surface area contributed by atoms with Crippen molar-refractivity contribution in [1.82, 2.24) is 20.3 Å². The van der Waals surface area contributed by atoms with Crippen LogP contribution in [0.15, 0.2) is 27.3 Å². The Morgan fingerprint density at radius 1 is 1.41 bits per heavy atom. The number of hydrogen-bond acceptors (Lipinski definition) is 6. The lowest BCUT2D eigenvalue weighted by molar-refractivity contribution is 0.428. The summed E-state index contributed by atoms with van der Waals surface area (Å²) in [7, 11) is 0. The van der Waals surface area contributed by atoms with E-state index in [0.29, 0.717) is 29.0 Å². The van der Waals surface area contributed by atoms with Crippen molar-refractivity contribution in [2.75, 3.05) is 5.73 Å². The highest BCUT2D eigenvalue weighted by atomic mass is 16.5. The van der Waals surface area contributed by atoms with Gasteiger partial charge in [-0.3, -0.25) is 5.10 Å². The van der Waals surface area contributed by atoms with Crippen LogP contribution in [0.3, 0.4) is 0 Å². The fraction of sp³-hybridized carbons (Fsp3) is 0.100. The molecule has 0 bridgehead atoms. The predicted molar refractivity (Wildman–Crippen MR) is 58.7 cm³/mol. The van der Waals surface area contributed by atoms with Crippen LogP contribution in [0.2, 0.25) is 0 Å². The van der Waals surface area contributed by atoms with Crippen LogP contribution >= 0.6 is 0 Å². The molecular formula is C10H9N5O2. The minimum atomic E-state index is 0.319. The van der Waals surface area contributed by atoms with E-state index in [9.17, 15) is 0 Å². The fourth-order valence-corrected chi connectivity index (χ4v) is 1.47. The third kappa shape index (κ3) is 1.57. The maximum Gasteiger partial charge on any atom is 0.276 e. The third-order valence-corrected chi connectivity index (χ3v) is 2.32. The molecule has 0 aromatic carbocycles. The molecule has 7 nitrogen and oxygen atoms in total. The average Bonchev–Trinajstić information content (AvgIpc) is 2.97. The molecule has 3 aromatic rings. The minimum Gasteiger partial charge on any atom is -0.461 e. The molecule has 0 aliphatic heterocycles. The Morgan fingerprint density at radius 2 is 2.29 bits per heavy atom. The van der Waals surface area contributed by atoms with Crippen LogP contribution < -0.4 is 5.73 Å². The summed E-state index contributed by atoms with van der Waals surface area (Å²) in [5.74, 6) is 1.68. The van der Waals surface area contributed by atoms with Crippen LogP contribution in [0.4, 0.5) is 5.82 Å². The van der Waals surface area contributed by atoms with Gasteiger partial charge in [0.25, 0.3) is 5.89 Å². The van der Waals surface area contributed by atoms with E-state index in [0.717, 1.165) is 5.56 Å². The maximum atomic E-state index is 5.49. The number of aromatic amines is 1. The first-order valence-electron chi connectivity index (χ1n) is 4.93. The van der Waals surface area contributed by atoms with Crippen molar-refractivity contribution in [2.24, 2.45) is 0 Å². The lowest BCUT2D eigenvalue weighted by Gasteiger charge is -1.87. The second-order valence-electron chi connectivity index (χ2n) is 3.56. The van der Waals surface area contributed by atoms with Gasteiger partial charge in [-0.25, -0.2) is 0 Å².